The van der Waals surface area contributed by atoms with Crippen molar-refractivity contribution >= 4 is 11.8 Å². The number of nitriles is 1. The molecule has 26 heavy (non-hydrogen) atoms. The number of para-hydroxylation sites is 1. The van der Waals surface area contributed by atoms with Crippen LogP contribution < -0.4 is 4.74 Å². The summed E-state index contributed by atoms with van der Waals surface area (Å²) in [5, 5.41) is 10.2. The van der Waals surface area contributed by atoms with Gasteiger partial charge in [0, 0.05) is 12.8 Å². The van der Waals surface area contributed by atoms with E-state index in [2.05, 4.69) is 30.3 Å². The lowest BCUT2D eigenvalue weighted by Crippen LogP contribution is -2.29. The highest BCUT2D eigenvalue weighted by Gasteiger charge is 2.33. The van der Waals surface area contributed by atoms with Crippen molar-refractivity contribution in [2.24, 2.45) is 0 Å². The molecular weight excluding hydrogens is 338 g/mol. The Balaban J connectivity index is 1.98. The van der Waals surface area contributed by atoms with E-state index in [1.807, 2.05) is 60.7 Å². The van der Waals surface area contributed by atoms with Crippen LogP contribution >= 0.6 is 11.8 Å². The number of hydrogen-bond donors (Lipinski definition) is 0. The molecule has 0 heterocycles. The smallest absolute Gasteiger partial charge is 0.132 e. The Hall–Kier alpha value is -2.70. The summed E-state index contributed by atoms with van der Waals surface area (Å²) >= 11 is 1.59. The molecule has 0 fully saturated rings. The maximum atomic E-state index is 10.2. The minimum atomic E-state index is -0.614. The van der Waals surface area contributed by atoms with Crippen LogP contribution in [0.2, 0.25) is 0 Å². The normalized spacial score (nSPS) is 10.9. The third-order valence-electron chi connectivity index (χ3n) is 4.24. The van der Waals surface area contributed by atoms with E-state index in [0.717, 1.165) is 21.8 Å². The van der Waals surface area contributed by atoms with E-state index >= 15 is 0 Å². The van der Waals surface area contributed by atoms with Gasteiger partial charge in [-0.05, 0) is 23.3 Å². The van der Waals surface area contributed by atoms with Crippen molar-refractivity contribution in [3.05, 3.63) is 96.1 Å². The second-order valence-electron chi connectivity index (χ2n) is 6.18. The van der Waals surface area contributed by atoms with Crippen LogP contribution in [0.3, 0.4) is 0 Å². The molecule has 0 aliphatic heterocycles. The van der Waals surface area contributed by atoms with Crippen molar-refractivity contribution in [1.29, 1.82) is 5.26 Å². The largest absolute Gasteiger partial charge is 0.496 e. The lowest BCUT2D eigenvalue weighted by Gasteiger charge is -2.27. The lowest BCUT2D eigenvalue weighted by atomic mass is 9.93. The number of methoxy groups -OCH3 is 1. The summed E-state index contributed by atoms with van der Waals surface area (Å²) in [6.07, 6.45) is 1.34. The average Bonchev–Trinajstić information content (AvgIpc) is 2.70. The molecule has 3 aromatic carbocycles. The molecule has 0 saturated carbocycles. The van der Waals surface area contributed by atoms with E-state index in [1.165, 1.54) is 0 Å². The summed E-state index contributed by atoms with van der Waals surface area (Å²) < 4.78 is 4.89. The average molecular weight is 359 g/mol. The highest BCUT2D eigenvalue weighted by molar-refractivity contribution is 8.01. The van der Waals surface area contributed by atoms with E-state index < -0.39 is 4.75 Å². The van der Waals surface area contributed by atoms with Crippen molar-refractivity contribution in [3.8, 4) is 11.8 Å². The molecule has 0 unspecified atom stereocenters. The predicted octanol–water partition coefficient (Wildman–Crippen LogP) is 5.54. The molecule has 3 rings (SSSR count). The molecule has 0 aliphatic rings. The number of ether oxygens (including phenoxy) is 1. The van der Waals surface area contributed by atoms with E-state index in [1.54, 1.807) is 18.9 Å². The summed E-state index contributed by atoms with van der Waals surface area (Å²) in [4.78, 5) is 0.989. The van der Waals surface area contributed by atoms with Crippen molar-refractivity contribution in [1.82, 2.24) is 0 Å². The van der Waals surface area contributed by atoms with Crippen molar-refractivity contribution in [2.45, 2.75) is 22.5 Å². The van der Waals surface area contributed by atoms with Gasteiger partial charge in [-0.2, -0.15) is 5.26 Å². The van der Waals surface area contributed by atoms with Gasteiger partial charge in [-0.1, -0.05) is 84.6 Å². The first-order valence-corrected chi connectivity index (χ1v) is 9.37. The molecule has 0 saturated heterocycles. The molecule has 130 valence electrons. The van der Waals surface area contributed by atoms with Gasteiger partial charge in [-0.3, -0.25) is 0 Å². The number of rotatable bonds is 7. The zero-order valence-corrected chi connectivity index (χ0v) is 15.6. The van der Waals surface area contributed by atoms with Crippen LogP contribution in [-0.2, 0) is 12.8 Å². The Morgan fingerprint density at radius 3 is 1.81 bits per heavy atom. The number of nitrogens with zero attached hydrogens (tertiary/aromatic N) is 1. The van der Waals surface area contributed by atoms with Crippen molar-refractivity contribution in [3.63, 3.8) is 0 Å². The molecule has 0 amide bonds. The fraction of sp³-hybridized carbons (Fsp3) is 0.174. The minimum absolute atomic E-state index is 0.614. The van der Waals surface area contributed by atoms with Gasteiger partial charge in [0.05, 0.1) is 18.1 Å². The summed E-state index contributed by atoms with van der Waals surface area (Å²) in [5.41, 5.74) is 2.32. The molecule has 3 aromatic rings. The van der Waals surface area contributed by atoms with Crippen molar-refractivity contribution in [2.75, 3.05) is 7.11 Å². The predicted molar refractivity (Wildman–Crippen MR) is 107 cm³/mol. The van der Waals surface area contributed by atoms with E-state index in [0.29, 0.717) is 12.8 Å². The lowest BCUT2D eigenvalue weighted by molar-refractivity contribution is 0.404. The molecule has 0 N–H and O–H groups in total. The summed E-state index contributed by atoms with van der Waals surface area (Å²) in [6, 6.07) is 30.9. The third kappa shape index (κ3) is 4.47. The summed E-state index contributed by atoms with van der Waals surface area (Å²) in [7, 11) is 1.67. The Kier molecular flexibility index (Phi) is 5.99. The van der Waals surface area contributed by atoms with Gasteiger partial charge in [0.2, 0.25) is 0 Å². The molecule has 0 aliphatic carbocycles. The number of thioether (sulfide) groups is 1. The maximum Gasteiger partial charge on any atom is 0.132 e. The van der Waals surface area contributed by atoms with Crippen LogP contribution in [0.25, 0.3) is 0 Å². The Labute approximate surface area is 159 Å². The molecular formula is C23H21NOS. The van der Waals surface area contributed by atoms with E-state index in [4.69, 9.17) is 4.74 Å². The Morgan fingerprint density at radius 2 is 1.31 bits per heavy atom. The van der Waals surface area contributed by atoms with Gasteiger partial charge in [0.1, 0.15) is 10.5 Å². The Bertz CT molecular complexity index is 830. The molecule has 0 radical (unpaired) electrons. The first-order valence-electron chi connectivity index (χ1n) is 8.56. The highest BCUT2D eigenvalue weighted by atomic mass is 32.2. The van der Waals surface area contributed by atoms with Gasteiger partial charge >= 0.3 is 0 Å². The van der Waals surface area contributed by atoms with Crippen LogP contribution in [0.4, 0.5) is 0 Å². The molecule has 0 bridgehead atoms. The van der Waals surface area contributed by atoms with Crippen LogP contribution in [0, 0.1) is 11.3 Å². The molecule has 2 nitrogen and oxygen atoms in total. The molecule has 0 atom stereocenters. The van der Waals surface area contributed by atoms with Gasteiger partial charge in [-0.25, -0.2) is 0 Å². The zero-order valence-electron chi connectivity index (χ0n) is 14.8. The van der Waals surface area contributed by atoms with Crippen LogP contribution in [0.5, 0.6) is 5.75 Å². The van der Waals surface area contributed by atoms with Crippen LogP contribution in [-0.4, -0.2) is 11.9 Å². The zero-order chi connectivity index (χ0) is 18.2. The SMILES string of the molecule is COc1ccccc1SC(C#N)(Cc1ccccc1)Cc1ccccc1. The highest BCUT2D eigenvalue weighted by Crippen LogP contribution is 2.42. The third-order valence-corrected chi connectivity index (χ3v) is 5.57. The van der Waals surface area contributed by atoms with E-state index in [-0.39, 0.29) is 0 Å². The fourth-order valence-corrected chi connectivity index (χ4v) is 4.34. The van der Waals surface area contributed by atoms with Gasteiger partial charge in [0.25, 0.3) is 0 Å². The quantitative estimate of drug-likeness (QED) is 0.520. The molecule has 0 spiro atoms. The van der Waals surface area contributed by atoms with Crippen LogP contribution in [0.15, 0.2) is 89.8 Å². The summed E-state index contributed by atoms with van der Waals surface area (Å²) in [5.74, 6) is 0.804. The summed E-state index contributed by atoms with van der Waals surface area (Å²) in [6.45, 7) is 0. The molecule has 0 aromatic heterocycles. The maximum absolute atomic E-state index is 10.2. The molecule has 3 heteroatoms. The topological polar surface area (TPSA) is 33.0 Å². The fourth-order valence-electron chi connectivity index (χ4n) is 3.00. The monoisotopic (exact) mass is 359 g/mol. The van der Waals surface area contributed by atoms with Gasteiger partial charge in [-0.15, -0.1) is 0 Å². The Morgan fingerprint density at radius 1 is 0.808 bits per heavy atom. The minimum Gasteiger partial charge on any atom is -0.496 e. The number of hydrogen-bond acceptors (Lipinski definition) is 3. The van der Waals surface area contributed by atoms with E-state index in [9.17, 15) is 5.26 Å². The van der Waals surface area contributed by atoms with Gasteiger partial charge < -0.3 is 4.74 Å². The standard InChI is InChI=1S/C23H21NOS/c1-25-21-14-8-9-15-22(21)26-23(18-24,16-19-10-4-2-5-11-19)17-20-12-6-3-7-13-20/h2-15H,16-17H2,1H3. The number of benzene rings is 3. The van der Waals surface area contributed by atoms with Crippen molar-refractivity contribution < 1.29 is 4.74 Å². The second kappa shape index (κ2) is 8.60. The van der Waals surface area contributed by atoms with Gasteiger partial charge in [0.15, 0.2) is 0 Å². The second-order valence-corrected chi connectivity index (χ2v) is 7.61. The first kappa shape index (κ1) is 18.1. The first-order chi connectivity index (χ1) is 12.7. The van der Waals surface area contributed by atoms with Crippen LogP contribution in [0.1, 0.15) is 11.1 Å².